The molecule has 4 aliphatic rings. The molecule has 5 rings (SSSR count). The first-order valence-electron chi connectivity index (χ1n) is 27.8. The molecule has 462 valence electrons. The molecule has 5 heterocycles. The molecule has 1 amide bonds. The fraction of sp³-hybridized carbons (Fsp3) is 0.667. The quantitative estimate of drug-likeness (QED) is 0.146. The van der Waals surface area contributed by atoms with Gasteiger partial charge in [0, 0.05) is 43.6 Å². The lowest BCUT2D eigenvalue weighted by Crippen LogP contribution is -2.69. The molecule has 1 aromatic heterocycles. The summed E-state index contributed by atoms with van der Waals surface area (Å²) in [5.74, 6) is -8.43. The van der Waals surface area contributed by atoms with Gasteiger partial charge in [0.1, 0.15) is 36.3 Å². The average molecular weight is 1170 g/mol. The van der Waals surface area contributed by atoms with Gasteiger partial charge in [0.2, 0.25) is 11.7 Å². The van der Waals surface area contributed by atoms with E-state index in [1.54, 1.807) is 99.8 Å². The zero-order chi connectivity index (χ0) is 60.5. The molecule has 2 bridgehead atoms. The maximum atomic E-state index is 14.1. The van der Waals surface area contributed by atoms with Crippen LogP contribution in [0.2, 0.25) is 0 Å². The predicted octanol–water partition coefficient (Wildman–Crippen LogP) is -1.01. The number of amides is 1. The Bertz CT molecular complexity index is 2350. The summed E-state index contributed by atoms with van der Waals surface area (Å²) in [6.45, 7) is 7.00. The van der Waals surface area contributed by atoms with Crippen molar-refractivity contribution in [2.45, 2.75) is 208 Å². The summed E-state index contributed by atoms with van der Waals surface area (Å²) in [5.41, 5.74) is 0. The molecule has 0 aromatic carbocycles. The highest BCUT2D eigenvalue weighted by molar-refractivity contribution is 5.92. The summed E-state index contributed by atoms with van der Waals surface area (Å²) < 4.78 is 34.4. The molecule has 0 saturated carbocycles. The molecule has 23 atom stereocenters. The predicted molar refractivity (Wildman–Crippen MR) is 292 cm³/mol. The highest BCUT2D eigenvalue weighted by atomic mass is 16.7. The van der Waals surface area contributed by atoms with Gasteiger partial charge in [-0.25, -0.2) is 0 Å². The van der Waals surface area contributed by atoms with Gasteiger partial charge in [-0.15, -0.1) is 0 Å². The third-order valence-corrected chi connectivity index (χ3v) is 15.1. The number of ether oxygens (including phenoxy) is 5. The lowest BCUT2D eigenvalue weighted by Gasteiger charge is -2.47. The Labute approximate surface area is 476 Å². The van der Waals surface area contributed by atoms with Gasteiger partial charge in [-0.05, 0) is 40.0 Å². The second-order valence-corrected chi connectivity index (χ2v) is 22.0. The molecule has 25 nitrogen and oxygen atoms in total. The van der Waals surface area contributed by atoms with E-state index in [4.69, 9.17) is 28.2 Å². The van der Waals surface area contributed by atoms with Crippen LogP contribution in [0.25, 0.3) is 0 Å². The van der Waals surface area contributed by atoms with Gasteiger partial charge in [-0.2, -0.15) is 0 Å². The van der Waals surface area contributed by atoms with Gasteiger partial charge >= 0.3 is 5.97 Å². The topological polar surface area (TPSA) is 414 Å². The van der Waals surface area contributed by atoms with Crippen molar-refractivity contribution >= 4 is 17.7 Å². The van der Waals surface area contributed by atoms with E-state index in [2.05, 4.69) is 15.8 Å². The van der Waals surface area contributed by atoms with Crippen LogP contribution in [-0.2, 0) is 33.3 Å². The maximum absolute atomic E-state index is 14.1. The van der Waals surface area contributed by atoms with Gasteiger partial charge in [0.25, 0.3) is 0 Å². The van der Waals surface area contributed by atoms with Gasteiger partial charge in [0.15, 0.2) is 17.9 Å². The number of fused-ring (bicyclic) bond motifs is 2. The number of anilines is 1. The fourth-order valence-electron chi connectivity index (χ4n) is 10.1. The number of esters is 1. The normalized spacial score (nSPS) is 43.8. The molecular formula is C57H87N3O22. The number of aromatic nitrogens is 1. The Morgan fingerprint density at radius 2 is 1.30 bits per heavy atom. The highest BCUT2D eigenvalue weighted by Gasteiger charge is 2.53. The van der Waals surface area contributed by atoms with E-state index < -0.39 is 191 Å². The number of nitrogens with one attached hydrogen (secondary N) is 2. The summed E-state index contributed by atoms with van der Waals surface area (Å²) in [7, 11) is 0. The van der Waals surface area contributed by atoms with Crippen molar-refractivity contribution in [2.75, 3.05) is 18.5 Å². The van der Waals surface area contributed by atoms with Crippen LogP contribution < -0.4 is 10.6 Å². The zero-order valence-corrected chi connectivity index (χ0v) is 46.8. The van der Waals surface area contributed by atoms with E-state index in [-0.39, 0.29) is 31.0 Å². The van der Waals surface area contributed by atoms with Crippen LogP contribution in [0.4, 0.5) is 5.82 Å². The number of allylic oxidation sites excluding steroid dienone is 12. The van der Waals surface area contributed by atoms with Crippen LogP contribution >= 0.6 is 0 Å². The van der Waals surface area contributed by atoms with Crippen molar-refractivity contribution in [1.29, 1.82) is 0 Å². The Kier molecular flexibility index (Phi) is 26.8. The van der Waals surface area contributed by atoms with E-state index in [1.165, 1.54) is 19.1 Å². The lowest BCUT2D eigenvalue weighted by atomic mass is 9.82. The average Bonchev–Trinajstić information content (AvgIpc) is 3.82. The Balaban J connectivity index is 1.43. The molecule has 4 unspecified atom stereocenters. The monoisotopic (exact) mass is 1170 g/mol. The summed E-state index contributed by atoms with van der Waals surface area (Å²) in [6.07, 6.45) is -3.94. The summed E-state index contributed by atoms with van der Waals surface area (Å²) >= 11 is 0. The number of hydrogen-bond acceptors (Lipinski definition) is 24. The number of aliphatic hydroxyl groups excluding tert-OH is 12. The van der Waals surface area contributed by atoms with Gasteiger partial charge < -0.3 is 110 Å². The SMILES string of the molecule is Cc1cc(NC(=O)C2C3C[C@@H](OC4O[C@H](C)[C@@H](O)[C@H](NC[C@@]5(O)OC[C@@H](O)[C@@H](O)[C@@H]5O)[C@@H]4O)C=C/C=C/C=C/C=C/C=C/C=C/C=C/[C@H](C)[C@@H](O)C(C)[C@H](C)OC(=O)C[C@H](O)C[C@H](O)CC[C@@H](O)[C@H](O)C[C@H](O)C[C@](O)(C[C@@H]2O)O3)no1. The van der Waals surface area contributed by atoms with Crippen molar-refractivity contribution in [1.82, 2.24) is 10.5 Å². The van der Waals surface area contributed by atoms with Crippen LogP contribution in [0.5, 0.6) is 0 Å². The highest BCUT2D eigenvalue weighted by Crippen LogP contribution is 2.39. The van der Waals surface area contributed by atoms with E-state index in [0.29, 0.717) is 5.76 Å². The molecule has 3 fully saturated rings. The first-order chi connectivity index (χ1) is 38.7. The second-order valence-electron chi connectivity index (χ2n) is 22.0. The molecule has 3 saturated heterocycles. The van der Waals surface area contributed by atoms with E-state index in [0.717, 1.165) is 0 Å². The van der Waals surface area contributed by atoms with E-state index >= 15 is 0 Å². The van der Waals surface area contributed by atoms with Crippen LogP contribution in [0, 0.1) is 24.7 Å². The number of aliphatic hydroxyl groups is 14. The largest absolute Gasteiger partial charge is 0.462 e. The minimum absolute atomic E-state index is 0.0132. The van der Waals surface area contributed by atoms with Gasteiger partial charge in [0.05, 0.1) is 98.7 Å². The number of cyclic esters (lactones) is 1. The van der Waals surface area contributed by atoms with Gasteiger partial charge in [-0.1, -0.05) is 104 Å². The van der Waals surface area contributed by atoms with Crippen molar-refractivity contribution in [2.24, 2.45) is 17.8 Å². The van der Waals surface area contributed by atoms with Crippen LogP contribution in [-0.4, -0.2) is 223 Å². The number of nitrogens with zero attached hydrogens (tertiary/aromatic N) is 1. The van der Waals surface area contributed by atoms with Crippen molar-refractivity contribution < 1.29 is 109 Å². The van der Waals surface area contributed by atoms with E-state index in [1.807, 2.05) is 6.92 Å². The standard InChI is InChI=1S/C57H87N3O22/c1-31-18-16-14-12-10-8-6-7-9-11-13-15-17-19-39(80-55-52(72)48(50(70)35(5)79-55)58-30-57(76)53(73)51(71)43(67)29-77-57)26-44-47(54(74)59-45-22-32(2)82-60-45)42(66)28-56(75,81-44)27-38(63)24-41(65)40(64)21-20-36(61)23-37(62)25-46(68)78-34(4)33(3)49(31)69/h6-19,22,31,33-44,47-53,55,58,61-67,69-73,75-76H,20-21,23-30H2,1-5H3,(H,59,60,74)/b7-6+,10-8+,11-9+,14-12+,15-13+,18-16+,19-17?/t31-,33?,34-,35+,36+,37+,38-,39-,40+,41+,42-,43+,44?,47?,48-,49+,50+,51+,52-,53-,55?,56+,57+/m0/s1. The van der Waals surface area contributed by atoms with Crippen molar-refractivity contribution in [3.05, 3.63) is 96.9 Å². The number of hydrogen-bond donors (Lipinski definition) is 16. The van der Waals surface area contributed by atoms with Gasteiger partial charge in [-0.3, -0.25) is 9.59 Å². The smallest absolute Gasteiger partial charge is 0.308 e. The molecule has 25 heteroatoms. The number of rotatable bonds is 7. The molecular weight excluding hydrogens is 1080 g/mol. The minimum atomic E-state index is -2.48. The summed E-state index contributed by atoms with van der Waals surface area (Å²) in [5, 5.41) is 163. The fourth-order valence-corrected chi connectivity index (χ4v) is 10.1. The molecule has 0 spiro atoms. The zero-order valence-electron chi connectivity index (χ0n) is 46.8. The summed E-state index contributed by atoms with van der Waals surface area (Å²) in [6, 6.07) is 0.0544. The first kappa shape index (κ1) is 68.4. The molecule has 16 N–H and O–H groups in total. The first-order valence-corrected chi connectivity index (χ1v) is 27.8. The molecule has 4 aliphatic heterocycles. The third kappa shape index (κ3) is 20.4. The molecule has 0 radical (unpaired) electrons. The Hall–Kier alpha value is -4.43. The van der Waals surface area contributed by atoms with Crippen LogP contribution in [0.1, 0.15) is 84.8 Å². The Morgan fingerprint density at radius 1 is 0.683 bits per heavy atom. The molecule has 0 aliphatic carbocycles. The molecule has 82 heavy (non-hydrogen) atoms. The number of aryl methyl sites for hydroxylation is 1. The van der Waals surface area contributed by atoms with Crippen LogP contribution in [0.3, 0.4) is 0 Å². The lowest BCUT2D eigenvalue weighted by molar-refractivity contribution is -0.323. The molecule has 1 aromatic rings. The number of carbonyl (C=O) groups excluding carboxylic acids is 2. The summed E-state index contributed by atoms with van der Waals surface area (Å²) in [4.78, 5) is 26.9. The van der Waals surface area contributed by atoms with Crippen LogP contribution in [0.15, 0.2) is 95.7 Å². The number of carbonyl (C=O) groups is 2. The minimum Gasteiger partial charge on any atom is -0.462 e. The second kappa shape index (κ2) is 32.2. The Morgan fingerprint density at radius 3 is 1.93 bits per heavy atom. The van der Waals surface area contributed by atoms with Crippen molar-refractivity contribution in [3.8, 4) is 0 Å². The van der Waals surface area contributed by atoms with Crippen molar-refractivity contribution in [3.63, 3.8) is 0 Å². The van der Waals surface area contributed by atoms with E-state index in [9.17, 15) is 81.1 Å². The third-order valence-electron chi connectivity index (χ3n) is 15.1. The maximum Gasteiger partial charge on any atom is 0.308 e.